The molecule has 2 aromatic rings. The number of sulfone groups is 1. The molecule has 5 rings (SSSR count). The second-order valence-electron chi connectivity index (χ2n) is 9.59. The molecule has 2 unspecified atom stereocenters. The molecule has 0 radical (unpaired) electrons. The summed E-state index contributed by atoms with van der Waals surface area (Å²) in [6.07, 6.45) is 5.97. The highest BCUT2D eigenvalue weighted by atomic mass is 32.2. The van der Waals surface area contributed by atoms with Crippen LogP contribution in [0.1, 0.15) is 42.4 Å². The fraction of sp³-hybridized carbons (Fsp3) is 0.462. The van der Waals surface area contributed by atoms with E-state index in [0.29, 0.717) is 23.3 Å². The van der Waals surface area contributed by atoms with Crippen LogP contribution in [0.4, 0.5) is 5.82 Å². The van der Waals surface area contributed by atoms with E-state index >= 15 is 0 Å². The van der Waals surface area contributed by atoms with Crippen molar-refractivity contribution in [1.29, 1.82) is 0 Å². The third kappa shape index (κ3) is 4.36. The molecule has 1 fully saturated rings. The van der Waals surface area contributed by atoms with Crippen LogP contribution in [0.15, 0.2) is 52.6 Å². The minimum atomic E-state index is -3.30. The van der Waals surface area contributed by atoms with Crippen molar-refractivity contribution in [3.63, 3.8) is 0 Å². The Morgan fingerprint density at radius 1 is 1.21 bits per heavy atom. The molecule has 7 nitrogen and oxygen atoms in total. The summed E-state index contributed by atoms with van der Waals surface area (Å²) in [5, 5.41) is 3.53. The van der Waals surface area contributed by atoms with E-state index in [4.69, 9.17) is 9.73 Å². The first-order valence-corrected chi connectivity index (χ1v) is 13.7. The Morgan fingerprint density at radius 2 is 2.00 bits per heavy atom. The number of nitrogens with one attached hydrogen (secondary N) is 1. The van der Waals surface area contributed by atoms with Crippen LogP contribution in [0.5, 0.6) is 0 Å². The number of benzene rings is 1. The van der Waals surface area contributed by atoms with Crippen molar-refractivity contribution in [1.82, 2.24) is 9.88 Å². The van der Waals surface area contributed by atoms with Crippen molar-refractivity contribution in [2.75, 3.05) is 37.8 Å². The Kier molecular flexibility index (Phi) is 6.20. The predicted octanol–water partition coefficient (Wildman–Crippen LogP) is 3.87. The lowest BCUT2D eigenvalue weighted by atomic mass is 9.83. The molecule has 3 aliphatic rings. The highest BCUT2D eigenvalue weighted by Crippen LogP contribution is 2.46. The molecule has 0 bridgehead atoms. The van der Waals surface area contributed by atoms with Crippen LogP contribution in [0.25, 0.3) is 5.57 Å². The second kappa shape index (κ2) is 9.15. The van der Waals surface area contributed by atoms with Crippen LogP contribution < -0.4 is 5.32 Å². The molecule has 0 aliphatic carbocycles. The molecule has 0 saturated carbocycles. The number of nitrogens with zero attached hydrogens (tertiary/aromatic N) is 3. The topological polar surface area (TPSA) is 83.9 Å². The number of aryl methyl sites for hydroxylation is 1. The monoisotopic (exact) mass is 480 g/mol. The summed E-state index contributed by atoms with van der Waals surface area (Å²) in [4.78, 5) is 12.0. The average molecular weight is 481 g/mol. The Bertz CT molecular complexity index is 1250. The fourth-order valence-corrected chi connectivity index (χ4v) is 5.98. The molecular formula is C26H32N4O3S. The van der Waals surface area contributed by atoms with Gasteiger partial charge in [-0.1, -0.05) is 25.1 Å². The van der Waals surface area contributed by atoms with E-state index < -0.39 is 9.84 Å². The normalized spacial score (nSPS) is 22.9. The molecule has 4 heterocycles. The van der Waals surface area contributed by atoms with Gasteiger partial charge in [0.05, 0.1) is 17.3 Å². The third-order valence-corrected chi connectivity index (χ3v) is 8.89. The molecular weight excluding hydrogens is 448 g/mol. The number of ether oxygens (including phenoxy) is 1. The number of anilines is 1. The van der Waals surface area contributed by atoms with Gasteiger partial charge in [-0.3, -0.25) is 0 Å². The Labute approximate surface area is 201 Å². The average Bonchev–Trinajstić information content (AvgIpc) is 3.22. The first-order chi connectivity index (χ1) is 16.4. The van der Waals surface area contributed by atoms with Crippen molar-refractivity contribution >= 4 is 27.1 Å². The van der Waals surface area contributed by atoms with Gasteiger partial charge in [-0.05, 0) is 74.7 Å². The van der Waals surface area contributed by atoms with E-state index in [2.05, 4.69) is 28.3 Å². The maximum atomic E-state index is 12.5. The quantitative estimate of drug-likeness (QED) is 0.699. The number of pyridine rings is 1. The Hall–Kier alpha value is -2.71. The van der Waals surface area contributed by atoms with Gasteiger partial charge < -0.3 is 15.0 Å². The van der Waals surface area contributed by atoms with Gasteiger partial charge in [0.15, 0.2) is 9.84 Å². The van der Waals surface area contributed by atoms with E-state index in [9.17, 15) is 8.42 Å². The van der Waals surface area contributed by atoms with Crippen molar-refractivity contribution in [2.45, 2.75) is 43.5 Å². The third-order valence-electron chi connectivity index (χ3n) is 7.16. The Morgan fingerprint density at radius 3 is 2.76 bits per heavy atom. The molecule has 0 amide bonds. The molecule has 1 saturated heterocycles. The van der Waals surface area contributed by atoms with Crippen LogP contribution in [-0.4, -0.2) is 62.7 Å². The molecule has 0 spiro atoms. The Balaban J connectivity index is 1.49. The summed E-state index contributed by atoms with van der Waals surface area (Å²) in [5.74, 6) is 2.07. The largest absolute Gasteiger partial charge is 0.479 e. The SMILES string of the molecule is CCS(=O)(=O)c1cccc(C2=CN=C(OCC3CCN(C)CC3)C3Nc4ncc(C)cc4C23)c1. The zero-order valence-corrected chi connectivity index (χ0v) is 20.8. The van der Waals surface area contributed by atoms with Crippen molar-refractivity contribution in [3.05, 3.63) is 59.4 Å². The second-order valence-corrected chi connectivity index (χ2v) is 11.9. The smallest absolute Gasteiger partial charge is 0.212 e. The minimum absolute atomic E-state index is 0.0491. The van der Waals surface area contributed by atoms with Crippen molar-refractivity contribution in [3.8, 4) is 0 Å². The maximum absolute atomic E-state index is 12.5. The van der Waals surface area contributed by atoms with Crippen LogP contribution >= 0.6 is 0 Å². The van der Waals surface area contributed by atoms with Gasteiger partial charge in [0.25, 0.3) is 0 Å². The zero-order chi connectivity index (χ0) is 23.9. The van der Waals surface area contributed by atoms with Crippen LogP contribution in [0.3, 0.4) is 0 Å². The first-order valence-electron chi connectivity index (χ1n) is 12.0. The molecule has 8 heteroatoms. The summed E-state index contributed by atoms with van der Waals surface area (Å²) in [6.45, 7) is 6.56. The van der Waals surface area contributed by atoms with Gasteiger partial charge in [0.2, 0.25) is 5.90 Å². The lowest BCUT2D eigenvalue weighted by Gasteiger charge is -2.31. The fourth-order valence-electron chi connectivity index (χ4n) is 5.05. The summed E-state index contributed by atoms with van der Waals surface area (Å²) >= 11 is 0. The van der Waals surface area contributed by atoms with Gasteiger partial charge in [-0.15, -0.1) is 0 Å². The van der Waals surface area contributed by atoms with E-state index in [1.165, 1.54) is 0 Å². The molecule has 1 aromatic carbocycles. The first kappa shape index (κ1) is 23.1. The minimum Gasteiger partial charge on any atom is -0.479 e. The number of piperidine rings is 1. The molecule has 2 atom stereocenters. The van der Waals surface area contributed by atoms with E-state index in [-0.39, 0.29) is 17.7 Å². The van der Waals surface area contributed by atoms with Crippen molar-refractivity contribution < 1.29 is 13.2 Å². The lowest BCUT2D eigenvalue weighted by Crippen LogP contribution is -2.37. The van der Waals surface area contributed by atoms with Crippen LogP contribution in [0, 0.1) is 12.8 Å². The van der Waals surface area contributed by atoms with Crippen LogP contribution in [-0.2, 0) is 14.6 Å². The summed E-state index contributed by atoms with van der Waals surface area (Å²) < 4.78 is 31.4. The summed E-state index contributed by atoms with van der Waals surface area (Å²) in [6, 6.07) is 9.18. The number of aliphatic imine (C=N–C) groups is 1. The van der Waals surface area contributed by atoms with E-state index in [1.807, 2.05) is 25.4 Å². The number of hydrogen-bond donors (Lipinski definition) is 1. The maximum Gasteiger partial charge on any atom is 0.212 e. The number of rotatable bonds is 5. The van der Waals surface area contributed by atoms with Gasteiger partial charge >= 0.3 is 0 Å². The standard InChI is InChI=1S/C26H32N4O3S/c1-4-34(31,32)20-7-5-6-19(13-20)22-15-28-26(33-16-18-8-10-30(3)11-9-18)24-23(22)21-12-17(2)14-27-25(21)29-24/h5-7,12-15,18,23-24H,4,8-11,16H2,1-3H3,(H,27,29). The number of aromatic nitrogens is 1. The lowest BCUT2D eigenvalue weighted by molar-refractivity contribution is 0.151. The van der Waals surface area contributed by atoms with E-state index in [1.54, 1.807) is 25.1 Å². The molecule has 3 aliphatic heterocycles. The van der Waals surface area contributed by atoms with Crippen molar-refractivity contribution in [2.24, 2.45) is 10.9 Å². The summed E-state index contributed by atoms with van der Waals surface area (Å²) in [7, 11) is -1.14. The molecule has 180 valence electrons. The number of fused-ring (bicyclic) bond motifs is 3. The van der Waals surface area contributed by atoms with Crippen LogP contribution in [0.2, 0.25) is 0 Å². The van der Waals surface area contributed by atoms with Gasteiger partial charge in [0.1, 0.15) is 11.9 Å². The predicted molar refractivity (Wildman–Crippen MR) is 135 cm³/mol. The van der Waals surface area contributed by atoms with Gasteiger partial charge in [-0.25, -0.2) is 18.4 Å². The highest BCUT2D eigenvalue weighted by Gasteiger charge is 2.42. The highest BCUT2D eigenvalue weighted by molar-refractivity contribution is 7.91. The summed E-state index contributed by atoms with van der Waals surface area (Å²) in [5.41, 5.74) is 4.01. The zero-order valence-electron chi connectivity index (χ0n) is 20.0. The molecule has 34 heavy (non-hydrogen) atoms. The van der Waals surface area contributed by atoms with Gasteiger partial charge in [0, 0.05) is 23.9 Å². The number of likely N-dealkylation sites (tertiary alicyclic amines) is 1. The number of hydrogen-bond acceptors (Lipinski definition) is 7. The molecule has 1 aromatic heterocycles. The van der Waals surface area contributed by atoms with Gasteiger partial charge in [-0.2, -0.15) is 0 Å². The molecule has 1 N–H and O–H groups in total. The van der Waals surface area contributed by atoms with E-state index in [0.717, 1.165) is 54.0 Å².